The lowest BCUT2D eigenvalue weighted by atomic mass is 9.86. The van der Waals surface area contributed by atoms with Gasteiger partial charge in [0, 0.05) is 24.7 Å². The SMILES string of the molecule is COC(=O)[C@@H]1C[C@@](C)(c2cc(Br)ccc2F)N/C(=N/[C@@H](OCC[Si](C)(C)C)C(=O)OC(C)(C)C)S1. The molecule has 196 valence electrons. The summed E-state index contributed by atoms with van der Waals surface area (Å²) in [6.07, 6.45) is -0.974. The molecule has 0 aliphatic carbocycles. The highest BCUT2D eigenvalue weighted by atomic mass is 79.9. The molecule has 0 aromatic heterocycles. The first-order chi connectivity index (χ1) is 16.0. The standard InChI is InChI=1S/C24H36BrFN2O5SSi/c1-23(2,3)33-21(30)19(32-11-12-35(6,7)8)27-22-28-24(4,14-18(34-22)20(29)31-5)16-13-15(25)9-10-17(16)26/h9-10,13,18-19H,11-12,14H2,1-8H3,(H,27,28)/t18-,19-,24-/m0/s1. The van der Waals surface area contributed by atoms with Crippen LogP contribution in [0.25, 0.3) is 0 Å². The molecule has 1 heterocycles. The van der Waals surface area contributed by atoms with Crippen LogP contribution in [0.1, 0.15) is 39.7 Å². The monoisotopic (exact) mass is 590 g/mol. The maximum atomic E-state index is 14.9. The Morgan fingerprint density at radius 2 is 2.00 bits per heavy atom. The van der Waals surface area contributed by atoms with E-state index in [-0.39, 0.29) is 11.6 Å². The molecule has 0 bridgehead atoms. The van der Waals surface area contributed by atoms with Crippen LogP contribution in [0.3, 0.4) is 0 Å². The van der Waals surface area contributed by atoms with Crippen molar-refractivity contribution < 1.29 is 28.2 Å². The number of nitrogens with one attached hydrogen (secondary N) is 1. The number of amidine groups is 1. The predicted octanol–water partition coefficient (Wildman–Crippen LogP) is 5.45. The van der Waals surface area contributed by atoms with Crippen LogP contribution >= 0.6 is 27.7 Å². The summed E-state index contributed by atoms with van der Waals surface area (Å²) in [6.45, 7) is 14.1. The molecule has 1 aromatic carbocycles. The topological polar surface area (TPSA) is 86.2 Å². The molecule has 0 spiro atoms. The van der Waals surface area contributed by atoms with Crippen LogP contribution in [0.15, 0.2) is 27.7 Å². The van der Waals surface area contributed by atoms with E-state index >= 15 is 0 Å². The second-order valence-electron chi connectivity index (χ2n) is 10.9. The molecule has 1 aliphatic rings. The van der Waals surface area contributed by atoms with Crippen LogP contribution in [0.2, 0.25) is 25.7 Å². The third-order valence-electron chi connectivity index (χ3n) is 5.19. The molecule has 7 nitrogen and oxygen atoms in total. The molecule has 3 atom stereocenters. The minimum atomic E-state index is -1.42. The largest absolute Gasteiger partial charge is 0.468 e. The van der Waals surface area contributed by atoms with E-state index in [9.17, 15) is 14.0 Å². The number of hydrogen-bond donors (Lipinski definition) is 1. The summed E-state index contributed by atoms with van der Waals surface area (Å²) >= 11 is 4.52. The average Bonchev–Trinajstić information content (AvgIpc) is 2.71. The van der Waals surface area contributed by atoms with Crippen LogP contribution in [0, 0.1) is 5.82 Å². The van der Waals surface area contributed by atoms with E-state index in [1.165, 1.54) is 13.2 Å². The zero-order chi connectivity index (χ0) is 26.6. The van der Waals surface area contributed by atoms with Crippen molar-refractivity contribution >= 4 is 52.9 Å². The maximum Gasteiger partial charge on any atom is 0.359 e. The van der Waals surface area contributed by atoms with Crippen molar-refractivity contribution in [2.24, 2.45) is 4.99 Å². The lowest BCUT2D eigenvalue weighted by molar-refractivity contribution is -0.167. The van der Waals surface area contributed by atoms with Gasteiger partial charge in [-0.15, -0.1) is 0 Å². The number of nitrogens with zero attached hydrogens (tertiary/aromatic N) is 1. The average molecular weight is 592 g/mol. The van der Waals surface area contributed by atoms with Gasteiger partial charge in [-0.1, -0.05) is 47.3 Å². The molecule has 1 fully saturated rings. The molecule has 2 rings (SSSR count). The molecule has 0 saturated carbocycles. The van der Waals surface area contributed by atoms with E-state index in [4.69, 9.17) is 14.2 Å². The van der Waals surface area contributed by atoms with Crippen molar-refractivity contribution in [1.82, 2.24) is 5.32 Å². The molecule has 0 unspecified atom stereocenters. The number of thioether (sulfide) groups is 1. The van der Waals surface area contributed by atoms with E-state index in [1.807, 2.05) is 0 Å². The third-order valence-corrected chi connectivity index (χ3v) is 8.46. The Labute approximate surface area is 221 Å². The lowest BCUT2D eigenvalue weighted by Gasteiger charge is -2.40. The van der Waals surface area contributed by atoms with Gasteiger partial charge >= 0.3 is 11.9 Å². The number of halogens is 2. The molecule has 1 saturated heterocycles. The number of rotatable bonds is 8. The quantitative estimate of drug-likeness (QED) is 0.318. The Kier molecular flexibility index (Phi) is 10.00. The number of hydrogen-bond acceptors (Lipinski definition) is 7. The van der Waals surface area contributed by atoms with Crippen LogP contribution in [-0.2, 0) is 29.3 Å². The van der Waals surface area contributed by atoms with Gasteiger partial charge < -0.3 is 19.5 Å². The summed E-state index contributed by atoms with van der Waals surface area (Å²) in [5, 5.41) is 2.86. The summed E-state index contributed by atoms with van der Waals surface area (Å²) in [4.78, 5) is 30.0. The number of carbonyl (C=O) groups is 2. The van der Waals surface area contributed by atoms with E-state index in [2.05, 4.69) is 45.9 Å². The van der Waals surface area contributed by atoms with Gasteiger partial charge in [0.25, 0.3) is 0 Å². The Morgan fingerprint density at radius 1 is 1.34 bits per heavy atom. The smallest absolute Gasteiger partial charge is 0.359 e. The van der Waals surface area contributed by atoms with E-state index in [0.29, 0.717) is 16.6 Å². The van der Waals surface area contributed by atoms with Gasteiger partial charge in [0.05, 0.1) is 12.6 Å². The lowest BCUT2D eigenvalue weighted by Crippen LogP contribution is -2.51. The van der Waals surface area contributed by atoms with Gasteiger partial charge in [0.2, 0.25) is 6.23 Å². The van der Waals surface area contributed by atoms with E-state index in [1.54, 1.807) is 39.8 Å². The predicted molar refractivity (Wildman–Crippen MR) is 144 cm³/mol. The summed E-state index contributed by atoms with van der Waals surface area (Å²) in [6, 6.07) is 5.47. The summed E-state index contributed by atoms with van der Waals surface area (Å²) in [5.41, 5.74) is -1.36. The van der Waals surface area contributed by atoms with Gasteiger partial charge in [-0.05, 0) is 58.4 Å². The van der Waals surface area contributed by atoms with Crippen molar-refractivity contribution in [2.75, 3.05) is 13.7 Å². The van der Waals surface area contributed by atoms with Crippen molar-refractivity contribution in [3.63, 3.8) is 0 Å². The molecule has 1 aliphatic heterocycles. The maximum absolute atomic E-state index is 14.9. The molecular weight excluding hydrogens is 555 g/mol. The molecule has 11 heteroatoms. The minimum Gasteiger partial charge on any atom is -0.468 e. The number of carbonyl (C=O) groups excluding carboxylic acids is 2. The number of benzene rings is 1. The van der Waals surface area contributed by atoms with Crippen LogP contribution < -0.4 is 5.32 Å². The zero-order valence-electron chi connectivity index (χ0n) is 21.7. The van der Waals surface area contributed by atoms with Gasteiger partial charge in [-0.25, -0.2) is 14.2 Å². The van der Waals surface area contributed by atoms with Crippen LogP contribution in [0.5, 0.6) is 0 Å². The van der Waals surface area contributed by atoms with Crippen LogP contribution in [0.4, 0.5) is 4.39 Å². The highest BCUT2D eigenvalue weighted by Crippen LogP contribution is 2.39. The summed E-state index contributed by atoms with van der Waals surface area (Å²) in [7, 11) is -0.114. The van der Waals surface area contributed by atoms with Gasteiger partial charge in [0.1, 0.15) is 16.7 Å². The molecular formula is C24H36BrFN2O5SSi. The molecule has 1 aromatic rings. The van der Waals surface area contributed by atoms with Gasteiger partial charge in [-0.2, -0.15) is 0 Å². The Hall–Kier alpha value is -1.43. The zero-order valence-corrected chi connectivity index (χ0v) is 25.1. The molecule has 35 heavy (non-hydrogen) atoms. The fourth-order valence-electron chi connectivity index (χ4n) is 3.38. The number of methoxy groups -OCH3 is 1. The van der Waals surface area contributed by atoms with Crippen molar-refractivity contribution in [3.05, 3.63) is 34.1 Å². The van der Waals surface area contributed by atoms with E-state index < -0.39 is 48.4 Å². The summed E-state index contributed by atoms with van der Waals surface area (Å²) < 4.78 is 32.0. The number of esters is 2. The Balaban J connectivity index is 2.45. The van der Waals surface area contributed by atoms with Crippen LogP contribution in [-0.4, -0.2) is 56.0 Å². The highest BCUT2D eigenvalue weighted by Gasteiger charge is 2.42. The van der Waals surface area contributed by atoms with Crippen molar-refractivity contribution in [3.8, 4) is 0 Å². The fraction of sp³-hybridized carbons (Fsp3) is 0.625. The summed E-state index contributed by atoms with van der Waals surface area (Å²) in [5.74, 6) is -1.51. The normalized spacial score (nSPS) is 22.9. The van der Waals surface area contributed by atoms with Gasteiger partial charge in [0.15, 0.2) is 5.17 Å². The van der Waals surface area contributed by atoms with Crippen molar-refractivity contribution in [1.29, 1.82) is 0 Å². The van der Waals surface area contributed by atoms with E-state index in [0.717, 1.165) is 17.8 Å². The minimum absolute atomic E-state index is 0.254. The van der Waals surface area contributed by atoms with Crippen molar-refractivity contribution in [2.45, 2.75) is 82.4 Å². The molecule has 0 radical (unpaired) electrons. The molecule has 0 amide bonds. The Morgan fingerprint density at radius 3 is 2.57 bits per heavy atom. The number of ether oxygens (including phenoxy) is 3. The molecule has 1 N–H and O–H groups in total. The second-order valence-corrected chi connectivity index (χ2v) is 18.6. The third kappa shape index (κ3) is 9.18. The first kappa shape index (κ1) is 29.8. The number of aliphatic imine (C=N–C) groups is 1. The van der Waals surface area contributed by atoms with Gasteiger partial charge in [-0.3, -0.25) is 4.79 Å². The highest BCUT2D eigenvalue weighted by molar-refractivity contribution is 9.10. The Bertz CT molecular complexity index is 966. The fourth-order valence-corrected chi connectivity index (χ4v) is 5.79. The second kappa shape index (κ2) is 11.7. The first-order valence-corrected chi connectivity index (χ1v) is 16.8. The first-order valence-electron chi connectivity index (χ1n) is 11.4.